The predicted molar refractivity (Wildman–Crippen MR) is 51.3 cm³/mol. The summed E-state index contributed by atoms with van der Waals surface area (Å²) < 4.78 is 0.710. The van der Waals surface area contributed by atoms with Gasteiger partial charge < -0.3 is 5.43 Å². The van der Waals surface area contributed by atoms with Crippen molar-refractivity contribution in [3.63, 3.8) is 0 Å². The van der Waals surface area contributed by atoms with Crippen molar-refractivity contribution in [3.05, 3.63) is 0 Å². The fraction of sp³-hybridized carbons (Fsp3) is 0.600. The maximum atomic E-state index is 7.04. The second kappa shape index (κ2) is 4.85. The van der Waals surface area contributed by atoms with Gasteiger partial charge in [0.05, 0.1) is 0 Å². The van der Waals surface area contributed by atoms with Crippen LogP contribution in [0.5, 0.6) is 0 Å². The third kappa shape index (κ3) is 4.93. The summed E-state index contributed by atoms with van der Waals surface area (Å²) in [5.74, 6) is 0. The van der Waals surface area contributed by atoms with Crippen LogP contribution in [-0.2, 0) is 0 Å². The molecule has 0 aliphatic rings. The lowest BCUT2D eigenvalue weighted by Crippen LogP contribution is -2.18. The molecule has 0 spiro atoms. The molecule has 0 unspecified atom stereocenters. The molecule has 0 aliphatic heterocycles. The minimum Gasteiger partial charge on any atom is -0.306 e. The van der Waals surface area contributed by atoms with E-state index in [1.54, 1.807) is 0 Å². The van der Waals surface area contributed by atoms with Crippen LogP contribution in [0.3, 0.4) is 0 Å². The summed E-state index contributed by atoms with van der Waals surface area (Å²) in [5.41, 5.74) is 2.80. The van der Waals surface area contributed by atoms with Crippen molar-refractivity contribution in [1.29, 1.82) is 5.41 Å². The largest absolute Gasteiger partial charge is 0.306 e. The molecule has 0 heterocycles. The number of hydrazone groups is 1. The third-order valence-corrected chi connectivity index (χ3v) is 2.08. The molecule has 10 heavy (non-hydrogen) atoms. The highest BCUT2D eigenvalue weighted by atomic mass is 79.9. The minimum atomic E-state index is 0.237. The molecule has 0 fully saturated rings. The zero-order valence-electron chi connectivity index (χ0n) is 5.78. The van der Waals surface area contributed by atoms with Crippen molar-refractivity contribution in [2.45, 2.75) is 19.9 Å². The molecule has 0 aromatic rings. The third-order valence-electron chi connectivity index (χ3n) is 0.602. The Morgan fingerprint density at radius 2 is 2.00 bits per heavy atom. The van der Waals surface area contributed by atoms with Gasteiger partial charge in [0.2, 0.25) is 0 Å². The topological polar surface area (TPSA) is 48.2 Å². The van der Waals surface area contributed by atoms with Gasteiger partial charge in [0.25, 0.3) is 0 Å². The number of hydrogen-bond acceptors (Lipinski definition) is 3. The molecule has 0 saturated carbocycles. The van der Waals surface area contributed by atoms with E-state index >= 15 is 0 Å². The molecule has 0 aromatic heterocycles. The van der Waals surface area contributed by atoms with Crippen LogP contribution in [0.25, 0.3) is 0 Å². The van der Waals surface area contributed by atoms with Crippen molar-refractivity contribution in [3.8, 4) is 0 Å². The van der Waals surface area contributed by atoms with Crippen LogP contribution in [0, 0.1) is 5.41 Å². The Kier molecular flexibility index (Phi) is 4.89. The SMILES string of the molecule is CC(C)N/N=C(/Br)C(=N)Br. The van der Waals surface area contributed by atoms with Gasteiger partial charge in [-0.3, -0.25) is 5.41 Å². The molecule has 3 nitrogen and oxygen atoms in total. The van der Waals surface area contributed by atoms with E-state index in [1.165, 1.54) is 0 Å². The molecular formula is C5H9Br2N3. The highest BCUT2D eigenvalue weighted by Gasteiger charge is 1.96. The smallest absolute Gasteiger partial charge is 0.157 e. The second-order valence-corrected chi connectivity index (χ2v) is 3.54. The van der Waals surface area contributed by atoms with Gasteiger partial charge in [0, 0.05) is 6.04 Å². The van der Waals surface area contributed by atoms with Crippen molar-refractivity contribution >= 4 is 41.1 Å². The molecule has 0 aliphatic carbocycles. The average Bonchev–Trinajstić information content (AvgIpc) is 1.82. The van der Waals surface area contributed by atoms with E-state index < -0.39 is 0 Å². The Bertz CT molecular complexity index is 153. The lowest BCUT2D eigenvalue weighted by atomic mass is 10.4. The molecule has 0 radical (unpaired) electrons. The zero-order valence-corrected chi connectivity index (χ0v) is 8.95. The lowest BCUT2D eigenvalue weighted by Gasteiger charge is -2.02. The molecule has 2 N–H and O–H groups in total. The highest BCUT2D eigenvalue weighted by molar-refractivity contribution is 9.24. The molecule has 0 atom stereocenters. The van der Waals surface area contributed by atoms with Crippen LogP contribution in [-0.4, -0.2) is 15.3 Å². The van der Waals surface area contributed by atoms with Crippen molar-refractivity contribution in [2.75, 3.05) is 0 Å². The summed E-state index contributed by atoms with van der Waals surface area (Å²) >= 11 is 6.04. The molecule has 5 heteroatoms. The second-order valence-electron chi connectivity index (χ2n) is 2.00. The number of nitrogens with one attached hydrogen (secondary N) is 2. The van der Waals surface area contributed by atoms with Crippen LogP contribution < -0.4 is 5.43 Å². The van der Waals surface area contributed by atoms with Crippen molar-refractivity contribution < 1.29 is 0 Å². The first kappa shape index (κ1) is 10.1. The van der Waals surface area contributed by atoms with E-state index in [2.05, 4.69) is 42.4 Å². The van der Waals surface area contributed by atoms with Crippen LogP contribution in [0.15, 0.2) is 5.10 Å². The van der Waals surface area contributed by atoms with Gasteiger partial charge in [0.15, 0.2) is 4.62 Å². The quantitative estimate of drug-likeness (QED) is 0.599. The Hall–Kier alpha value is 0.1000. The summed E-state index contributed by atoms with van der Waals surface area (Å²) in [6.45, 7) is 3.95. The van der Waals surface area contributed by atoms with E-state index in [-0.39, 0.29) is 4.62 Å². The van der Waals surface area contributed by atoms with Gasteiger partial charge in [-0.15, -0.1) is 0 Å². The van der Waals surface area contributed by atoms with E-state index in [0.29, 0.717) is 10.7 Å². The number of rotatable bonds is 3. The lowest BCUT2D eigenvalue weighted by molar-refractivity contribution is 0.623. The van der Waals surface area contributed by atoms with Gasteiger partial charge in [-0.1, -0.05) is 0 Å². The molecule has 0 rings (SSSR count). The predicted octanol–water partition coefficient (Wildman–Crippen LogP) is 2.06. The Morgan fingerprint density at radius 1 is 1.50 bits per heavy atom. The minimum absolute atomic E-state index is 0.237. The number of nitrogens with zero attached hydrogens (tertiary/aromatic N) is 1. The first-order valence-electron chi connectivity index (χ1n) is 2.77. The summed E-state index contributed by atoms with van der Waals surface area (Å²) in [4.78, 5) is 0. The standard InChI is InChI=1S/C5H9Br2N3/c1-3(2)9-10-5(7)4(6)8/h3,8-9H,1-2H3/b8-4?,10-5+. The highest BCUT2D eigenvalue weighted by Crippen LogP contribution is 1.97. The first-order valence-corrected chi connectivity index (χ1v) is 4.35. The van der Waals surface area contributed by atoms with Gasteiger partial charge in [-0.25, -0.2) is 0 Å². The maximum Gasteiger partial charge on any atom is 0.157 e. The fourth-order valence-electron chi connectivity index (χ4n) is 0.235. The monoisotopic (exact) mass is 269 g/mol. The fourth-order valence-corrected chi connectivity index (χ4v) is 0.426. The average molecular weight is 271 g/mol. The number of halogens is 2. The zero-order chi connectivity index (χ0) is 8.15. The molecule has 0 saturated heterocycles. The van der Waals surface area contributed by atoms with Gasteiger partial charge in [-0.2, -0.15) is 5.10 Å². The first-order chi connectivity index (χ1) is 4.54. The normalized spacial score (nSPS) is 11.9. The van der Waals surface area contributed by atoms with Crippen LogP contribution >= 0.6 is 31.9 Å². The van der Waals surface area contributed by atoms with E-state index in [0.717, 1.165) is 0 Å². The maximum absolute atomic E-state index is 7.04. The van der Waals surface area contributed by atoms with Gasteiger partial charge in [0.1, 0.15) is 4.62 Å². The summed E-state index contributed by atoms with van der Waals surface area (Å²) in [6.07, 6.45) is 0. The van der Waals surface area contributed by atoms with Gasteiger partial charge in [-0.05, 0) is 45.7 Å². The molecule has 0 amide bonds. The molecule has 0 aromatic carbocycles. The summed E-state index contributed by atoms with van der Waals surface area (Å²) in [5, 5.41) is 10.9. The van der Waals surface area contributed by atoms with E-state index in [4.69, 9.17) is 5.41 Å². The van der Waals surface area contributed by atoms with Crippen LogP contribution in [0.2, 0.25) is 0 Å². The Balaban J connectivity index is 3.81. The van der Waals surface area contributed by atoms with Crippen LogP contribution in [0.1, 0.15) is 13.8 Å². The van der Waals surface area contributed by atoms with Crippen LogP contribution in [0.4, 0.5) is 0 Å². The number of hydrogen-bond donors (Lipinski definition) is 2. The molecule has 58 valence electrons. The van der Waals surface area contributed by atoms with Crippen molar-refractivity contribution in [1.82, 2.24) is 5.43 Å². The van der Waals surface area contributed by atoms with Gasteiger partial charge >= 0.3 is 0 Å². The summed E-state index contributed by atoms with van der Waals surface area (Å²) in [7, 11) is 0. The molecular weight excluding hydrogens is 262 g/mol. The Morgan fingerprint density at radius 3 is 2.30 bits per heavy atom. The van der Waals surface area contributed by atoms with E-state index in [9.17, 15) is 0 Å². The molecule has 0 bridgehead atoms. The van der Waals surface area contributed by atoms with E-state index in [1.807, 2.05) is 13.8 Å². The summed E-state index contributed by atoms with van der Waals surface area (Å²) in [6, 6.07) is 0.291. The Labute approximate surface area is 77.0 Å². The van der Waals surface area contributed by atoms with Crippen molar-refractivity contribution in [2.24, 2.45) is 5.10 Å².